The summed E-state index contributed by atoms with van der Waals surface area (Å²) in [6.07, 6.45) is 5.43. The van der Waals surface area contributed by atoms with Crippen molar-refractivity contribution < 1.29 is 17.6 Å². The molecule has 0 aliphatic rings. The van der Waals surface area contributed by atoms with Gasteiger partial charge in [0.25, 0.3) is 0 Å². The van der Waals surface area contributed by atoms with Crippen LogP contribution in [0.5, 0.6) is 0 Å². The SMILES string of the molecule is CS(=O)(=O)c1ccc(CCC(=O)NCc2ccc(-c3ccoc3)cc2)cc1. The van der Waals surface area contributed by atoms with Gasteiger partial charge in [-0.15, -0.1) is 0 Å². The number of amides is 1. The fraction of sp³-hybridized carbons (Fsp3) is 0.190. The van der Waals surface area contributed by atoms with Gasteiger partial charge in [-0.25, -0.2) is 8.42 Å². The van der Waals surface area contributed by atoms with Gasteiger partial charge >= 0.3 is 0 Å². The molecule has 1 heterocycles. The van der Waals surface area contributed by atoms with E-state index >= 15 is 0 Å². The first-order valence-electron chi connectivity index (χ1n) is 8.59. The number of furan rings is 1. The Morgan fingerprint density at radius 2 is 1.59 bits per heavy atom. The zero-order chi connectivity index (χ0) is 19.3. The molecule has 0 atom stereocenters. The number of sulfone groups is 1. The predicted octanol–water partition coefficient (Wildman–Crippen LogP) is 3.60. The van der Waals surface area contributed by atoms with Crippen molar-refractivity contribution in [3.8, 4) is 11.1 Å². The van der Waals surface area contributed by atoms with Crippen LogP contribution in [-0.4, -0.2) is 20.6 Å². The third kappa shape index (κ3) is 5.31. The van der Waals surface area contributed by atoms with Crippen LogP contribution in [0.3, 0.4) is 0 Å². The van der Waals surface area contributed by atoms with Crippen molar-refractivity contribution in [2.24, 2.45) is 0 Å². The minimum atomic E-state index is -3.19. The Hall–Kier alpha value is -2.86. The third-order valence-corrected chi connectivity index (χ3v) is 5.42. The van der Waals surface area contributed by atoms with Gasteiger partial charge < -0.3 is 9.73 Å². The van der Waals surface area contributed by atoms with E-state index in [0.717, 1.165) is 22.3 Å². The summed E-state index contributed by atoms with van der Waals surface area (Å²) in [5.41, 5.74) is 4.04. The Bertz CT molecular complexity index is 989. The quantitative estimate of drug-likeness (QED) is 0.676. The number of hydrogen-bond donors (Lipinski definition) is 1. The van der Waals surface area contributed by atoms with Gasteiger partial charge in [0.1, 0.15) is 0 Å². The lowest BCUT2D eigenvalue weighted by atomic mass is 10.1. The van der Waals surface area contributed by atoms with Crippen LogP contribution in [-0.2, 0) is 27.6 Å². The molecule has 0 saturated carbocycles. The topological polar surface area (TPSA) is 76.4 Å². The molecule has 0 aliphatic carbocycles. The van der Waals surface area contributed by atoms with Crippen LogP contribution in [0.1, 0.15) is 17.5 Å². The Morgan fingerprint density at radius 3 is 2.19 bits per heavy atom. The van der Waals surface area contributed by atoms with E-state index in [2.05, 4.69) is 5.32 Å². The smallest absolute Gasteiger partial charge is 0.220 e. The molecule has 0 spiro atoms. The van der Waals surface area contributed by atoms with Gasteiger partial charge in [0.05, 0.1) is 17.4 Å². The standard InChI is InChI=1S/C21H21NO4S/c1-27(24,25)20-9-4-16(5-10-20)6-11-21(23)22-14-17-2-7-18(8-3-17)19-12-13-26-15-19/h2-5,7-10,12-13,15H,6,11,14H2,1H3,(H,22,23). The Balaban J connectivity index is 1.47. The van der Waals surface area contributed by atoms with Crippen molar-refractivity contribution in [1.29, 1.82) is 0 Å². The van der Waals surface area contributed by atoms with Crippen LogP contribution < -0.4 is 5.32 Å². The molecule has 140 valence electrons. The van der Waals surface area contributed by atoms with Crippen molar-refractivity contribution in [3.63, 3.8) is 0 Å². The Morgan fingerprint density at radius 1 is 0.926 bits per heavy atom. The second-order valence-electron chi connectivity index (χ2n) is 6.40. The Labute approximate surface area is 159 Å². The van der Waals surface area contributed by atoms with Crippen molar-refractivity contribution >= 4 is 15.7 Å². The highest BCUT2D eigenvalue weighted by molar-refractivity contribution is 7.90. The maximum Gasteiger partial charge on any atom is 0.220 e. The minimum absolute atomic E-state index is 0.0406. The molecule has 0 bridgehead atoms. The van der Waals surface area contributed by atoms with Crippen LogP contribution >= 0.6 is 0 Å². The molecule has 27 heavy (non-hydrogen) atoms. The summed E-state index contributed by atoms with van der Waals surface area (Å²) in [7, 11) is -3.19. The van der Waals surface area contributed by atoms with E-state index in [0.29, 0.717) is 19.4 Å². The molecule has 0 saturated heterocycles. The third-order valence-electron chi connectivity index (χ3n) is 4.29. The average molecular weight is 383 g/mol. The molecule has 3 aromatic rings. The average Bonchev–Trinajstić information content (AvgIpc) is 3.19. The molecule has 1 amide bonds. The lowest BCUT2D eigenvalue weighted by Crippen LogP contribution is -2.22. The molecular formula is C21H21NO4S. The van der Waals surface area contributed by atoms with Crippen molar-refractivity contribution in [2.75, 3.05) is 6.26 Å². The zero-order valence-electron chi connectivity index (χ0n) is 15.0. The maximum atomic E-state index is 12.1. The summed E-state index contributed by atoms with van der Waals surface area (Å²) in [5.74, 6) is -0.0406. The second-order valence-corrected chi connectivity index (χ2v) is 8.42. The number of benzene rings is 2. The number of nitrogens with one attached hydrogen (secondary N) is 1. The van der Waals surface area contributed by atoms with Gasteiger partial charge in [0.2, 0.25) is 5.91 Å². The Kier molecular flexibility index (Phi) is 5.76. The molecule has 0 radical (unpaired) electrons. The van der Waals surface area contributed by atoms with Crippen LogP contribution in [0.2, 0.25) is 0 Å². The highest BCUT2D eigenvalue weighted by atomic mass is 32.2. The number of aryl methyl sites for hydroxylation is 1. The maximum absolute atomic E-state index is 12.1. The summed E-state index contributed by atoms with van der Waals surface area (Å²) >= 11 is 0. The molecule has 0 fully saturated rings. The predicted molar refractivity (Wildman–Crippen MR) is 104 cm³/mol. The lowest BCUT2D eigenvalue weighted by Gasteiger charge is -2.07. The summed E-state index contributed by atoms with van der Waals surface area (Å²) in [6, 6.07) is 16.5. The van der Waals surface area contributed by atoms with Crippen LogP contribution in [0.25, 0.3) is 11.1 Å². The van der Waals surface area contributed by atoms with Gasteiger partial charge in [-0.1, -0.05) is 36.4 Å². The van der Waals surface area contributed by atoms with Gasteiger partial charge in [-0.3, -0.25) is 4.79 Å². The van der Waals surface area contributed by atoms with Crippen molar-refractivity contribution in [3.05, 3.63) is 78.3 Å². The minimum Gasteiger partial charge on any atom is -0.472 e. The van der Waals surface area contributed by atoms with Gasteiger partial charge in [-0.05, 0) is 41.3 Å². The molecule has 3 rings (SSSR count). The fourth-order valence-electron chi connectivity index (χ4n) is 2.69. The molecule has 5 nitrogen and oxygen atoms in total. The molecule has 0 aliphatic heterocycles. The molecule has 1 N–H and O–H groups in total. The van der Waals surface area contributed by atoms with E-state index in [4.69, 9.17) is 4.42 Å². The monoisotopic (exact) mass is 383 g/mol. The summed E-state index contributed by atoms with van der Waals surface area (Å²) in [5, 5.41) is 2.91. The van der Waals surface area contributed by atoms with Crippen LogP contribution in [0, 0.1) is 0 Å². The van der Waals surface area contributed by atoms with Gasteiger partial charge in [-0.2, -0.15) is 0 Å². The van der Waals surface area contributed by atoms with Crippen molar-refractivity contribution in [1.82, 2.24) is 5.32 Å². The molecule has 0 unspecified atom stereocenters. The van der Waals surface area contributed by atoms with Gasteiger partial charge in [0, 0.05) is 24.8 Å². The molecule has 6 heteroatoms. The van der Waals surface area contributed by atoms with Gasteiger partial charge in [0.15, 0.2) is 9.84 Å². The van der Waals surface area contributed by atoms with E-state index in [1.807, 2.05) is 30.3 Å². The number of hydrogen-bond acceptors (Lipinski definition) is 4. The first kappa shape index (κ1) is 18.9. The highest BCUT2D eigenvalue weighted by Gasteiger charge is 2.07. The summed E-state index contributed by atoms with van der Waals surface area (Å²) in [6.45, 7) is 0.470. The normalized spacial score (nSPS) is 11.3. The zero-order valence-corrected chi connectivity index (χ0v) is 15.8. The van der Waals surface area contributed by atoms with E-state index in [-0.39, 0.29) is 10.8 Å². The van der Waals surface area contributed by atoms with E-state index < -0.39 is 9.84 Å². The van der Waals surface area contributed by atoms with E-state index in [1.165, 1.54) is 6.26 Å². The van der Waals surface area contributed by atoms with Crippen LogP contribution in [0.4, 0.5) is 0 Å². The fourth-order valence-corrected chi connectivity index (χ4v) is 3.32. The first-order chi connectivity index (χ1) is 12.9. The number of carbonyl (C=O) groups is 1. The summed E-state index contributed by atoms with van der Waals surface area (Å²) in [4.78, 5) is 12.3. The second kappa shape index (κ2) is 8.22. The largest absolute Gasteiger partial charge is 0.472 e. The first-order valence-corrected chi connectivity index (χ1v) is 10.5. The summed E-state index contributed by atoms with van der Waals surface area (Å²) < 4.78 is 28.0. The van der Waals surface area contributed by atoms with E-state index in [9.17, 15) is 13.2 Å². The van der Waals surface area contributed by atoms with Crippen molar-refractivity contribution in [2.45, 2.75) is 24.3 Å². The van der Waals surface area contributed by atoms with E-state index in [1.54, 1.807) is 36.8 Å². The highest BCUT2D eigenvalue weighted by Crippen LogP contribution is 2.20. The van der Waals surface area contributed by atoms with Crippen LogP contribution in [0.15, 0.2) is 76.4 Å². The molecular weight excluding hydrogens is 362 g/mol. The molecule has 1 aromatic heterocycles. The molecule has 2 aromatic carbocycles. The lowest BCUT2D eigenvalue weighted by molar-refractivity contribution is -0.121. The number of rotatable bonds is 7. The number of carbonyl (C=O) groups excluding carboxylic acids is 1.